The molecular weight excluding hydrogens is 362 g/mol. The van der Waals surface area contributed by atoms with Crippen LogP contribution in [0.25, 0.3) is 0 Å². The molecule has 5 nitrogen and oxygen atoms in total. The number of amides is 1. The second kappa shape index (κ2) is 11.7. The van der Waals surface area contributed by atoms with Crippen molar-refractivity contribution in [2.45, 2.75) is 57.5 Å². The second-order valence-electron chi connectivity index (χ2n) is 8.84. The van der Waals surface area contributed by atoms with Crippen LogP contribution in [0.3, 0.4) is 0 Å². The molecule has 2 saturated heterocycles. The van der Waals surface area contributed by atoms with Crippen LogP contribution in [0.15, 0.2) is 30.3 Å². The van der Waals surface area contributed by atoms with Gasteiger partial charge < -0.3 is 19.9 Å². The van der Waals surface area contributed by atoms with E-state index in [1.54, 1.807) is 7.11 Å². The van der Waals surface area contributed by atoms with Crippen molar-refractivity contribution < 1.29 is 9.53 Å². The lowest BCUT2D eigenvalue weighted by Gasteiger charge is -2.41. The number of nitrogens with zero attached hydrogens (tertiary/aromatic N) is 2. The molecule has 1 atom stereocenters. The first-order valence-electron chi connectivity index (χ1n) is 11.5. The standard InChI is InChI=1S/C24H39N3O2/c1-20(19-29-2)25-24(28)22-10-17-27(18-11-22)23-12-15-26(16-13-23)14-6-9-21-7-4-3-5-8-21/h3-5,7-8,20,22-23H,6,9-19H2,1-2H3,(H,25,28)/t20-/m0/s1. The zero-order valence-corrected chi connectivity index (χ0v) is 18.3. The van der Waals surface area contributed by atoms with Crippen LogP contribution in [-0.2, 0) is 16.0 Å². The number of likely N-dealkylation sites (tertiary alicyclic amines) is 2. The first-order chi connectivity index (χ1) is 14.2. The van der Waals surface area contributed by atoms with E-state index in [0.29, 0.717) is 12.6 Å². The van der Waals surface area contributed by atoms with Gasteiger partial charge in [0.1, 0.15) is 0 Å². The van der Waals surface area contributed by atoms with Crippen molar-refractivity contribution in [3.8, 4) is 0 Å². The fourth-order valence-electron chi connectivity index (χ4n) is 4.84. The van der Waals surface area contributed by atoms with Crippen molar-refractivity contribution in [1.82, 2.24) is 15.1 Å². The van der Waals surface area contributed by atoms with E-state index in [0.717, 1.165) is 25.9 Å². The van der Waals surface area contributed by atoms with E-state index in [-0.39, 0.29) is 17.9 Å². The Kier molecular flexibility index (Phi) is 8.96. The van der Waals surface area contributed by atoms with Crippen LogP contribution in [-0.4, -0.2) is 74.2 Å². The van der Waals surface area contributed by atoms with Gasteiger partial charge in [0.2, 0.25) is 5.91 Å². The molecule has 29 heavy (non-hydrogen) atoms. The second-order valence-corrected chi connectivity index (χ2v) is 8.84. The first kappa shape index (κ1) is 22.3. The van der Waals surface area contributed by atoms with Crippen LogP contribution in [0.2, 0.25) is 0 Å². The fourth-order valence-corrected chi connectivity index (χ4v) is 4.84. The van der Waals surface area contributed by atoms with Crippen LogP contribution in [0.5, 0.6) is 0 Å². The molecule has 162 valence electrons. The maximum Gasteiger partial charge on any atom is 0.223 e. The Hall–Kier alpha value is -1.43. The predicted molar refractivity (Wildman–Crippen MR) is 118 cm³/mol. The molecule has 3 rings (SSSR count). The summed E-state index contributed by atoms with van der Waals surface area (Å²) >= 11 is 0. The Balaban J connectivity index is 1.31. The maximum atomic E-state index is 12.4. The largest absolute Gasteiger partial charge is 0.383 e. The summed E-state index contributed by atoms with van der Waals surface area (Å²) < 4.78 is 5.12. The van der Waals surface area contributed by atoms with Gasteiger partial charge in [-0.2, -0.15) is 0 Å². The minimum atomic E-state index is 0.0942. The maximum absolute atomic E-state index is 12.4. The molecule has 2 aliphatic heterocycles. The van der Waals surface area contributed by atoms with E-state index in [1.807, 2.05) is 6.92 Å². The van der Waals surface area contributed by atoms with Crippen LogP contribution in [0.1, 0.15) is 44.6 Å². The predicted octanol–water partition coefficient (Wildman–Crippen LogP) is 2.95. The third kappa shape index (κ3) is 7.09. The highest BCUT2D eigenvalue weighted by Gasteiger charge is 2.30. The molecule has 0 unspecified atom stereocenters. The number of rotatable bonds is 9. The number of ether oxygens (including phenoxy) is 1. The number of hydrogen-bond donors (Lipinski definition) is 1. The number of piperidine rings is 2. The summed E-state index contributed by atoms with van der Waals surface area (Å²) in [7, 11) is 1.68. The molecule has 0 radical (unpaired) electrons. The average molecular weight is 402 g/mol. The Morgan fingerprint density at radius 2 is 1.79 bits per heavy atom. The van der Waals surface area contributed by atoms with Gasteiger partial charge in [0.25, 0.3) is 0 Å². The molecule has 0 aromatic heterocycles. The molecule has 2 aliphatic rings. The number of hydrogen-bond acceptors (Lipinski definition) is 4. The SMILES string of the molecule is COC[C@H](C)NC(=O)C1CCN(C2CCN(CCCc3ccccc3)CC2)CC1. The lowest BCUT2D eigenvalue weighted by molar-refractivity contribution is -0.127. The molecule has 2 heterocycles. The monoisotopic (exact) mass is 401 g/mol. The van der Waals surface area contributed by atoms with Gasteiger partial charge in [-0.3, -0.25) is 4.79 Å². The summed E-state index contributed by atoms with van der Waals surface area (Å²) in [6.07, 6.45) is 6.95. The summed E-state index contributed by atoms with van der Waals surface area (Å²) in [5.74, 6) is 0.381. The number of benzene rings is 1. The summed E-state index contributed by atoms with van der Waals surface area (Å²) in [6, 6.07) is 11.6. The number of nitrogens with one attached hydrogen (secondary N) is 1. The molecule has 2 fully saturated rings. The van der Waals surface area contributed by atoms with E-state index in [4.69, 9.17) is 4.74 Å². The van der Waals surface area contributed by atoms with Gasteiger partial charge in [-0.05, 0) is 83.7 Å². The summed E-state index contributed by atoms with van der Waals surface area (Å²) in [5, 5.41) is 3.09. The van der Waals surface area contributed by atoms with Crippen molar-refractivity contribution in [2.24, 2.45) is 5.92 Å². The lowest BCUT2D eigenvalue weighted by Crippen LogP contribution is -2.50. The smallest absolute Gasteiger partial charge is 0.223 e. The summed E-state index contributed by atoms with van der Waals surface area (Å²) in [5.41, 5.74) is 1.45. The third-order valence-electron chi connectivity index (χ3n) is 6.56. The fraction of sp³-hybridized carbons (Fsp3) is 0.708. The zero-order chi connectivity index (χ0) is 20.5. The Morgan fingerprint density at radius 1 is 1.10 bits per heavy atom. The Bertz CT molecular complexity index is 593. The van der Waals surface area contributed by atoms with E-state index < -0.39 is 0 Å². The van der Waals surface area contributed by atoms with Gasteiger partial charge in [-0.25, -0.2) is 0 Å². The van der Waals surface area contributed by atoms with Gasteiger partial charge in [-0.15, -0.1) is 0 Å². The summed E-state index contributed by atoms with van der Waals surface area (Å²) in [6.45, 7) is 8.36. The highest BCUT2D eigenvalue weighted by atomic mass is 16.5. The molecule has 5 heteroatoms. The van der Waals surface area contributed by atoms with E-state index in [1.165, 1.54) is 50.9 Å². The average Bonchev–Trinajstić information content (AvgIpc) is 2.75. The lowest BCUT2D eigenvalue weighted by atomic mass is 9.92. The van der Waals surface area contributed by atoms with Crippen LogP contribution in [0, 0.1) is 5.92 Å². The molecule has 0 aliphatic carbocycles. The molecule has 0 saturated carbocycles. The van der Waals surface area contributed by atoms with Gasteiger partial charge in [0, 0.05) is 25.1 Å². The molecule has 1 N–H and O–H groups in total. The highest BCUT2D eigenvalue weighted by Crippen LogP contribution is 2.24. The number of carbonyl (C=O) groups is 1. The third-order valence-corrected chi connectivity index (χ3v) is 6.56. The van der Waals surface area contributed by atoms with E-state index in [9.17, 15) is 4.79 Å². The molecule has 1 aromatic rings. The van der Waals surface area contributed by atoms with Gasteiger partial charge >= 0.3 is 0 Å². The van der Waals surface area contributed by atoms with Crippen molar-refractivity contribution in [1.29, 1.82) is 0 Å². The zero-order valence-electron chi connectivity index (χ0n) is 18.3. The van der Waals surface area contributed by atoms with Crippen LogP contribution < -0.4 is 5.32 Å². The molecule has 0 bridgehead atoms. The van der Waals surface area contributed by atoms with Gasteiger partial charge in [-0.1, -0.05) is 30.3 Å². The normalized spacial score (nSPS) is 21.2. The van der Waals surface area contributed by atoms with Gasteiger partial charge in [0.15, 0.2) is 0 Å². The Morgan fingerprint density at radius 3 is 2.45 bits per heavy atom. The number of methoxy groups -OCH3 is 1. The summed E-state index contributed by atoms with van der Waals surface area (Å²) in [4.78, 5) is 17.7. The molecule has 0 spiro atoms. The Labute approximate surface area is 176 Å². The molecule has 1 aromatic carbocycles. The minimum Gasteiger partial charge on any atom is -0.383 e. The first-order valence-corrected chi connectivity index (χ1v) is 11.5. The van der Waals surface area contributed by atoms with Crippen LogP contribution in [0.4, 0.5) is 0 Å². The molecular formula is C24H39N3O2. The topological polar surface area (TPSA) is 44.8 Å². The van der Waals surface area contributed by atoms with Crippen molar-refractivity contribution >= 4 is 5.91 Å². The van der Waals surface area contributed by atoms with Crippen molar-refractivity contribution in [3.63, 3.8) is 0 Å². The van der Waals surface area contributed by atoms with E-state index in [2.05, 4.69) is 45.4 Å². The van der Waals surface area contributed by atoms with Gasteiger partial charge in [0.05, 0.1) is 6.61 Å². The highest BCUT2D eigenvalue weighted by molar-refractivity contribution is 5.79. The quantitative estimate of drug-likeness (QED) is 0.691. The molecule has 1 amide bonds. The minimum absolute atomic E-state index is 0.0942. The van der Waals surface area contributed by atoms with Crippen molar-refractivity contribution in [3.05, 3.63) is 35.9 Å². The number of aryl methyl sites for hydroxylation is 1. The van der Waals surface area contributed by atoms with E-state index >= 15 is 0 Å². The van der Waals surface area contributed by atoms with Crippen molar-refractivity contribution in [2.75, 3.05) is 46.4 Å². The number of carbonyl (C=O) groups excluding carboxylic acids is 1. The van der Waals surface area contributed by atoms with Crippen LogP contribution >= 0.6 is 0 Å².